The Labute approximate surface area is 168 Å². The molecule has 152 valence electrons. The predicted molar refractivity (Wildman–Crippen MR) is 105 cm³/mol. The number of hydrogen-bond donors (Lipinski definition) is 0. The van der Waals surface area contributed by atoms with Crippen molar-refractivity contribution in [3.05, 3.63) is 47.9 Å². The normalized spacial score (nSPS) is 17.9. The third-order valence-electron chi connectivity index (χ3n) is 5.52. The fraction of sp³-hybridized carbons (Fsp3) is 0.364. The number of rotatable bonds is 4. The Morgan fingerprint density at radius 3 is 2.62 bits per heavy atom. The Hall–Kier alpha value is -3.22. The lowest BCUT2D eigenvalue weighted by molar-refractivity contribution is -0.129. The van der Waals surface area contributed by atoms with Gasteiger partial charge in [-0.3, -0.25) is 9.59 Å². The van der Waals surface area contributed by atoms with Gasteiger partial charge >= 0.3 is 0 Å². The number of carbonyl (C=O) groups is 2. The number of fused-ring (bicyclic) bond motifs is 1. The number of furan rings is 1. The van der Waals surface area contributed by atoms with E-state index in [-0.39, 0.29) is 11.7 Å². The van der Waals surface area contributed by atoms with Crippen LogP contribution in [-0.4, -0.2) is 49.5 Å². The molecular formula is C22H23NO6. The van der Waals surface area contributed by atoms with Gasteiger partial charge in [-0.2, -0.15) is 0 Å². The van der Waals surface area contributed by atoms with Crippen LogP contribution >= 0.6 is 0 Å². The Morgan fingerprint density at radius 2 is 1.97 bits per heavy atom. The maximum atomic E-state index is 12.8. The van der Waals surface area contributed by atoms with Gasteiger partial charge < -0.3 is 23.5 Å². The summed E-state index contributed by atoms with van der Waals surface area (Å²) in [5, 5.41) is 0. The van der Waals surface area contributed by atoms with Gasteiger partial charge in [0.25, 0.3) is 0 Å². The first-order valence-electron chi connectivity index (χ1n) is 9.53. The molecule has 29 heavy (non-hydrogen) atoms. The van der Waals surface area contributed by atoms with Crippen molar-refractivity contribution >= 4 is 17.8 Å². The number of hydrogen-bond acceptors (Lipinski definition) is 6. The van der Waals surface area contributed by atoms with Crippen LogP contribution in [0.4, 0.5) is 0 Å². The van der Waals surface area contributed by atoms with E-state index in [1.807, 2.05) is 0 Å². The molecule has 4 rings (SSSR count). The molecule has 2 aromatic rings. The van der Waals surface area contributed by atoms with E-state index in [4.69, 9.17) is 18.6 Å². The first kappa shape index (κ1) is 19.1. The Balaban J connectivity index is 1.49. The number of nitrogens with zero attached hydrogens (tertiary/aromatic N) is 1. The van der Waals surface area contributed by atoms with Crippen LogP contribution in [-0.2, 0) is 4.79 Å². The summed E-state index contributed by atoms with van der Waals surface area (Å²) in [5.41, 5.74) is -0.126. The Kier molecular flexibility index (Phi) is 5.05. The van der Waals surface area contributed by atoms with Gasteiger partial charge in [0.05, 0.1) is 32.5 Å². The highest BCUT2D eigenvalue weighted by atomic mass is 16.5. The summed E-state index contributed by atoms with van der Waals surface area (Å²) < 4.78 is 22.3. The Morgan fingerprint density at radius 1 is 1.17 bits per heavy atom. The molecule has 0 saturated carbocycles. The maximum absolute atomic E-state index is 12.8. The highest BCUT2D eigenvalue weighted by Gasteiger charge is 2.45. The van der Waals surface area contributed by atoms with Crippen molar-refractivity contribution in [2.75, 3.05) is 27.3 Å². The summed E-state index contributed by atoms with van der Waals surface area (Å²) in [6.07, 6.45) is 6.15. The van der Waals surface area contributed by atoms with E-state index in [0.29, 0.717) is 60.9 Å². The van der Waals surface area contributed by atoms with Crippen LogP contribution in [0.5, 0.6) is 17.2 Å². The number of ether oxygens (including phenoxy) is 3. The lowest BCUT2D eigenvalue weighted by Crippen LogP contribution is -2.52. The molecule has 1 amide bonds. The predicted octanol–water partition coefficient (Wildman–Crippen LogP) is 3.34. The number of benzene rings is 1. The number of Topliss-reactive ketones (excluding diaryl/α,β-unsaturated/α-hetero) is 1. The van der Waals surface area contributed by atoms with Crippen molar-refractivity contribution in [3.63, 3.8) is 0 Å². The van der Waals surface area contributed by atoms with Gasteiger partial charge in [-0.25, -0.2) is 0 Å². The van der Waals surface area contributed by atoms with Gasteiger partial charge in [0, 0.05) is 32.0 Å². The molecule has 1 fully saturated rings. The molecule has 7 nitrogen and oxygen atoms in total. The zero-order chi connectivity index (χ0) is 20.4. The average Bonchev–Trinajstić information content (AvgIpc) is 3.25. The number of likely N-dealkylation sites (tertiary alicyclic amines) is 1. The van der Waals surface area contributed by atoms with Crippen LogP contribution in [0.3, 0.4) is 0 Å². The second-order valence-corrected chi connectivity index (χ2v) is 7.24. The highest BCUT2D eigenvalue weighted by Crippen LogP contribution is 2.47. The minimum atomic E-state index is -0.634. The molecule has 1 aromatic carbocycles. The smallest absolute Gasteiger partial charge is 0.246 e. The fourth-order valence-corrected chi connectivity index (χ4v) is 3.92. The molecule has 2 aliphatic rings. The molecule has 7 heteroatoms. The summed E-state index contributed by atoms with van der Waals surface area (Å²) in [6, 6.07) is 6.98. The van der Waals surface area contributed by atoms with Crippen molar-refractivity contribution < 1.29 is 28.2 Å². The van der Waals surface area contributed by atoms with Gasteiger partial charge in [0.1, 0.15) is 11.4 Å². The molecule has 0 unspecified atom stereocenters. The van der Waals surface area contributed by atoms with Crippen LogP contribution in [0, 0.1) is 0 Å². The van der Waals surface area contributed by atoms with Crippen molar-refractivity contribution in [2.24, 2.45) is 0 Å². The lowest BCUT2D eigenvalue weighted by atomic mass is 9.82. The molecular weight excluding hydrogens is 374 g/mol. The highest BCUT2D eigenvalue weighted by molar-refractivity contribution is 6.01. The molecule has 0 N–H and O–H groups in total. The van der Waals surface area contributed by atoms with Crippen LogP contribution in [0.1, 0.15) is 35.4 Å². The Bertz CT molecular complexity index is 938. The summed E-state index contributed by atoms with van der Waals surface area (Å²) in [5.74, 6) is 1.94. The molecule has 0 radical (unpaired) electrons. The van der Waals surface area contributed by atoms with Gasteiger partial charge in [-0.15, -0.1) is 0 Å². The number of ketones is 1. The average molecular weight is 397 g/mol. The van der Waals surface area contributed by atoms with Crippen molar-refractivity contribution in [3.8, 4) is 17.2 Å². The van der Waals surface area contributed by atoms with Crippen molar-refractivity contribution in [1.29, 1.82) is 0 Å². The van der Waals surface area contributed by atoms with E-state index in [1.54, 1.807) is 48.6 Å². The largest absolute Gasteiger partial charge is 0.493 e. The van der Waals surface area contributed by atoms with Crippen LogP contribution in [0.15, 0.2) is 41.0 Å². The molecule has 0 bridgehead atoms. The van der Waals surface area contributed by atoms with Crippen LogP contribution in [0.2, 0.25) is 0 Å². The quantitative estimate of drug-likeness (QED) is 0.737. The fourth-order valence-electron chi connectivity index (χ4n) is 3.92. The number of amides is 1. The standard InChI is InChI=1S/C22H23NO6/c1-26-18-7-6-16-17(24)14-22(29-20(16)21(18)27-2)9-11-23(12-10-22)19(25)8-5-15-4-3-13-28-15/h3-8,13H,9-12,14H2,1-2H3/b8-5+. The monoisotopic (exact) mass is 397 g/mol. The molecule has 0 aliphatic carbocycles. The van der Waals surface area contributed by atoms with E-state index < -0.39 is 5.60 Å². The van der Waals surface area contributed by atoms with Gasteiger partial charge in [-0.1, -0.05) is 0 Å². The number of carbonyl (C=O) groups excluding carboxylic acids is 2. The maximum Gasteiger partial charge on any atom is 0.246 e. The molecule has 3 heterocycles. The topological polar surface area (TPSA) is 78.2 Å². The van der Waals surface area contributed by atoms with Crippen LogP contribution < -0.4 is 14.2 Å². The third-order valence-corrected chi connectivity index (χ3v) is 5.52. The lowest BCUT2D eigenvalue weighted by Gasteiger charge is -2.44. The van der Waals surface area contributed by atoms with Gasteiger partial charge in [0.15, 0.2) is 17.3 Å². The van der Waals surface area contributed by atoms with Gasteiger partial charge in [-0.05, 0) is 30.3 Å². The second kappa shape index (κ2) is 7.66. The number of piperidine rings is 1. The minimum absolute atomic E-state index is 0.0182. The molecule has 1 aromatic heterocycles. The first-order chi connectivity index (χ1) is 14.0. The minimum Gasteiger partial charge on any atom is -0.493 e. The number of methoxy groups -OCH3 is 2. The molecule has 0 atom stereocenters. The summed E-state index contributed by atoms with van der Waals surface area (Å²) in [7, 11) is 3.07. The van der Waals surface area contributed by atoms with Crippen molar-refractivity contribution in [2.45, 2.75) is 24.9 Å². The summed E-state index contributed by atoms with van der Waals surface area (Å²) in [6.45, 7) is 1.02. The third kappa shape index (κ3) is 3.60. The van der Waals surface area contributed by atoms with E-state index in [1.165, 1.54) is 13.2 Å². The SMILES string of the molecule is COc1ccc2c(c1OC)OC1(CCN(C(=O)/C=C/c3ccco3)CC1)CC2=O. The molecule has 1 saturated heterocycles. The van der Waals surface area contributed by atoms with Gasteiger partial charge in [0.2, 0.25) is 11.7 Å². The van der Waals surface area contributed by atoms with E-state index in [0.717, 1.165) is 0 Å². The van der Waals surface area contributed by atoms with E-state index in [2.05, 4.69) is 0 Å². The van der Waals surface area contributed by atoms with Crippen LogP contribution in [0.25, 0.3) is 6.08 Å². The van der Waals surface area contributed by atoms with E-state index >= 15 is 0 Å². The zero-order valence-corrected chi connectivity index (χ0v) is 16.5. The summed E-state index contributed by atoms with van der Waals surface area (Å²) >= 11 is 0. The zero-order valence-electron chi connectivity index (χ0n) is 16.5. The molecule has 2 aliphatic heterocycles. The summed E-state index contributed by atoms with van der Waals surface area (Å²) in [4.78, 5) is 27.0. The van der Waals surface area contributed by atoms with E-state index in [9.17, 15) is 9.59 Å². The second-order valence-electron chi connectivity index (χ2n) is 7.24. The first-order valence-corrected chi connectivity index (χ1v) is 9.53. The van der Waals surface area contributed by atoms with Crippen molar-refractivity contribution in [1.82, 2.24) is 4.90 Å². The molecule has 1 spiro atoms.